The van der Waals surface area contributed by atoms with E-state index in [1.165, 1.54) is 12.1 Å². The van der Waals surface area contributed by atoms with Crippen molar-refractivity contribution in [1.82, 2.24) is 0 Å². The molecule has 2 nitrogen and oxygen atoms in total. The number of nitrogens with two attached hydrogens (primary N) is 1. The maximum absolute atomic E-state index is 13.2. The van der Waals surface area contributed by atoms with E-state index in [0.717, 1.165) is 23.3 Å². The third-order valence-corrected chi connectivity index (χ3v) is 2.46. The molecule has 3 heteroatoms. The highest BCUT2D eigenvalue weighted by Crippen LogP contribution is 2.25. The molecule has 1 unspecified atom stereocenters. The smallest absolute Gasteiger partial charge is 0.123 e. The van der Waals surface area contributed by atoms with Crippen LogP contribution in [0.25, 0.3) is 0 Å². The van der Waals surface area contributed by atoms with Gasteiger partial charge >= 0.3 is 0 Å². The van der Waals surface area contributed by atoms with E-state index in [4.69, 9.17) is 10.5 Å². The van der Waals surface area contributed by atoms with Crippen LogP contribution in [0.5, 0.6) is 0 Å². The molecule has 80 valence electrons. The van der Waals surface area contributed by atoms with Gasteiger partial charge in [0.25, 0.3) is 0 Å². The van der Waals surface area contributed by atoms with E-state index in [1.54, 1.807) is 0 Å². The fourth-order valence-electron chi connectivity index (χ4n) is 1.76. The van der Waals surface area contributed by atoms with Crippen LogP contribution in [0.4, 0.5) is 4.39 Å². The molecule has 0 spiro atoms. The summed E-state index contributed by atoms with van der Waals surface area (Å²) in [6, 6.07) is 4.48. The molecule has 0 aromatic heterocycles. The molecule has 2 rings (SSSR count). The zero-order valence-corrected chi connectivity index (χ0v) is 8.66. The number of benzene rings is 1. The Morgan fingerprint density at radius 3 is 2.80 bits per heavy atom. The Hall–Kier alpha value is -1.35. The zero-order chi connectivity index (χ0) is 10.8. The SMILES string of the molecule is Cc1cc(F)cc(C(N)C2=CCCO2)c1. The van der Waals surface area contributed by atoms with Gasteiger partial charge in [0.05, 0.1) is 12.6 Å². The minimum Gasteiger partial charge on any atom is -0.496 e. The summed E-state index contributed by atoms with van der Waals surface area (Å²) < 4.78 is 18.5. The first kappa shape index (κ1) is 10.2. The van der Waals surface area contributed by atoms with Crippen LogP contribution < -0.4 is 5.73 Å². The van der Waals surface area contributed by atoms with E-state index in [1.807, 2.05) is 19.1 Å². The average molecular weight is 207 g/mol. The van der Waals surface area contributed by atoms with Crippen molar-refractivity contribution in [2.45, 2.75) is 19.4 Å². The molecule has 2 N–H and O–H groups in total. The van der Waals surface area contributed by atoms with Crippen LogP contribution in [0.3, 0.4) is 0 Å². The second-order valence-corrected chi connectivity index (χ2v) is 3.78. The lowest BCUT2D eigenvalue weighted by atomic mass is 10.0. The summed E-state index contributed by atoms with van der Waals surface area (Å²) in [5, 5.41) is 0. The van der Waals surface area contributed by atoms with Gasteiger partial charge in [-0.2, -0.15) is 0 Å². The molecule has 1 aromatic rings. The van der Waals surface area contributed by atoms with Crippen LogP contribution in [0.15, 0.2) is 30.0 Å². The summed E-state index contributed by atoms with van der Waals surface area (Å²) in [4.78, 5) is 0. The first-order valence-electron chi connectivity index (χ1n) is 5.02. The lowest BCUT2D eigenvalue weighted by Crippen LogP contribution is -2.14. The summed E-state index contributed by atoms with van der Waals surface area (Å²) in [5.74, 6) is 0.499. The molecule has 1 aromatic carbocycles. The molecular weight excluding hydrogens is 193 g/mol. The van der Waals surface area contributed by atoms with Crippen molar-refractivity contribution in [3.8, 4) is 0 Å². The van der Waals surface area contributed by atoms with E-state index >= 15 is 0 Å². The van der Waals surface area contributed by atoms with Crippen LogP contribution in [-0.2, 0) is 4.74 Å². The van der Waals surface area contributed by atoms with Crippen LogP contribution in [0, 0.1) is 12.7 Å². The molecule has 1 atom stereocenters. The number of aryl methyl sites for hydroxylation is 1. The van der Waals surface area contributed by atoms with Crippen molar-refractivity contribution in [3.05, 3.63) is 47.0 Å². The first-order valence-corrected chi connectivity index (χ1v) is 5.02. The Kier molecular flexibility index (Phi) is 2.73. The second-order valence-electron chi connectivity index (χ2n) is 3.78. The number of hydrogen-bond acceptors (Lipinski definition) is 2. The van der Waals surface area contributed by atoms with Crippen LogP contribution in [-0.4, -0.2) is 6.61 Å². The summed E-state index contributed by atoms with van der Waals surface area (Å²) in [5.41, 5.74) is 7.62. The van der Waals surface area contributed by atoms with Crippen molar-refractivity contribution in [3.63, 3.8) is 0 Å². The standard InChI is InChI=1S/C12H14FNO/c1-8-5-9(7-10(13)6-8)12(14)11-3-2-4-15-11/h3,5-7,12H,2,4,14H2,1H3. The molecule has 15 heavy (non-hydrogen) atoms. The van der Waals surface area contributed by atoms with E-state index in [9.17, 15) is 4.39 Å². The van der Waals surface area contributed by atoms with Gasteiger partial charge in [-0.1, -0.05) is 6.07 Å². The van der Waals surface area contributed by atoms with E-state index in [2.05, 4.69) is 0 Å². The van der Waals surface area contributed by atoms with Crippen LogP contribution in [0.1, 0.15) is 23.6 Å². The summed E-state index contributed by atoms with van der Waals surface area (Å²) in [7, 11) is 0. The van der Waals surface area contributed by atoms with Gasteiger partial charge in [-0.25, -0.2) is 4.39 Å². The van der Waals surface area contributed by atoms with Crippen molar-refractivity contribution in [1.29, 1.82) is 0 Å². The van der Waals surface area contributed by atoms with Gasteiger partial charge in [0.1, 0.15) is 11.6 Å². The molecule has 0 fully saturated rings. The van der Waals surface area contributed by atoms with Crippen LogP contribution >= 0.6 is 0 Å². The molecule has 0 aliphatic carbocycles. The highest BCUT2D eigenvalue weighted by molar-refractivity contribution is 5.30. The molecular formula is C12H14FNO. The number of ether oxygens (including phenoxy) is 1. The monoisotopic (exact) mass is 207 g/mol. The average Bonchev–Trinajstić information content (AvgIpc) is 2.67. The lowest BCUT2D eigenvalue weighted by Gasteiger charge is -2.14. The topological polar surface area (TPSA) is 35.2 Å². The molecule has 1 aliphatic heterocycles. The maximum atomic E-state index is 13.2. The van der Waals surface area contributed by atoms with Gasteiger partial charge in [-0.15, -0.1) is 0 Å². The Morgan fingerprint density at radius 1 is 1.40 bits per heavy atom. The summed E-state index contributed by atoms with van der Waals surface area (Å²) in [6.07, 6.45) is 2.85. The Morgan fingerprint density at radius 2 is 2.20 bits per heavy atom. The third kappa shape index (κ3) is 2.18. The predicted molar refractivity (Wildman–Crippen MR) is 56.7 cm³/mol. The largest absolute Gasteiger partial charge is 0.496 e. The predicted octanol–water partition coefficient (Wildman–Crippen LogP) is 2.44. The van der Waals surface area contributed by atoms with E-state index in [0.29, 0.717) is 6.61 Å². The number of rotatable bonds is 2. The van der Waals surface area contributed by atoms with Gasteiger partial charge in [0.2, 0.25) is 0 Å². The third-order valence-electron chi connectivity index (χ3n) is 2.46. The molecule has 1 aliphatic rings. The van der Waals surface area contributed by atoms with Gasteiger partial charge < -0.3 is 10.5 Å². The lowest BCUT2D eigenvalue weighted by molar-refractivity contribution is 0.225. The van der Waals surface area contributed by atoms with Crippen molar-refractivity contribution in [2.75, 3.05) is 6.61 Å². The van der Waals surface area contributed by atoms with Gasteiger partial charge in [0.15, 0.2) is 0 Å². The van der Waals surface area contributed by atoms with E-state index in [-0.39, 0.29) is 11.9 Å². The molecule has 0 saturated heterocycles. The summed E-state index contributed by atoms with van der Waals surface area (Å²) >= 11 is 0. The Labute approximate surface area is 88.5 Å². The normalized spacial score (nSPS) is 17.1. The second kappa shape index (κ2) is 4.03. The Balaban J connectivity index is 2.28. The van der Waals surface area contributed by atoms with Crippen LogP contribution in [0.2, 0.25) is 0 Å². The fraction of sp³-hybridized carbons (Fsp3) is 0.333. The highest BCUT2D eigenvalue weighted by Gasteiger charge is 2.17. The van der Waals surface area contributed by atoms with Gasteiger partial charge in [-0.3, -0.25) is 0 Å². The quantitative estimate of drug-likeness (QED) is 0.808. The number of hydrogen-bond donors (Lipinski definition) is 1. The minimum atomic E-state index is -0.345. The molecule has 0 saturated carbocycles. The Bertz CT molecular complexity index is 380. The maximum Gasteiger partial charge on any atom is 0.123 e. The van der Waals surface area contributed by atoms with Crippen molar-refractivity contribution < 1.29 is 9.13 Å². The summed E-state index contributed by atoms with van der Waals surface area (Å²) in [6.45, 7) is 2.53. The molecule has 0 amide bonds. The molecule has 1 heterocycles. The van der Waals surface area contributed by atoms with E-state index < -0.39 is 0 Å². The van der Waals surface area contributed by atoms with Crippen molar-refractivity contribution in [2.24, 2.45) is 5.73 Å². The zero-order valence-electron chi connectivity index (χ0n) is 8.66. The van der Waals surface area contributed by atoms with Gasteiger partial charge in [0, 0.05) is 6.42 Å². The molecule has 0 bridgehead atoms. The van der Waals surface area contributed by atoms with Gasteiger partial charge in [-0.05, 0) is 36.3 Å². The molecule has 0 radical (unpaired) electrons. The number of halogens is 1. The van der Waals surface area contributed by atoms with Crippen molar-refractivity contribution >= 4 is 0 Å². The first-order chi connectivity index (χ1) is 7.16. The highest BCUT2D eigenvalue weighted by atomic mass is 19.1. The minimum absolute atomic E-state index is 0.251. The fourth-order valence-corrected chi connectivity index (χ4v) is 1.76.